The van der Waals surface area contributed by atoms with Crippen LogP contribution in [0.4, 0.5) is 5.82 Å². The number of aryl methyl sites for hydroxylation is 1. The van der Waals surface area contributed by atoms with Gasteiger partial charge in [-0.25, -0.2) is 4.79 Å². The van der Waals surface area contributed by atoms with Crippen LogP contribution in [0.3, 0.4) is 0 Å². The fourth-order valence-electron chi connectivity index (χ4n) is 2.74. The van der Waals surface area contributed by atoms with Gasteiger partial charge in [-0.2, -0.15) is 4.98 Å². The summed E-state index contributed by atoms with van der Waals surface area (Å²) in [6.07, 6.45) is -1.73. The Morgan fingerprint density at radius 1 is 1.55 bits per heavy atom. The molecule has 1 aromatic rings. The number of rotatable bonds is 3. The fourth-order valence-corrected chi connectivity index (χ4v) is 3.20. The van der Waals surface area contributed by atoms with Gasteiger partial charge in [0.15, 0.2) is 11.1 Å². The van der Waals surface area contributed by atoms with Crippen LogP contribution in [-0.4, -0.2) is 44.0 Å². The zero-order valence-corrected chi connectivity index (χ0v) is 13.0. The van der Waals surface area contributed by atoms with Crippen LogP contribution in [0.5, 0.6) is 0 Å². The normalized spacial score (nSPS) is 30.9. The van der Waals surface area contributed by atoms with E-state index in [0.29, 0.717) is 5.69 Å². The summed E-state index contributed by atoms with van der Waals surface area (Å²) in [6, 6.07) is 1.52. The number of hydrogen-bond donors (Lipinski definition) is 3. The highest BCUT2D eigenvalue weighted by atomic mass is 35.5. The number of hydrogen-bond acceptors (Lipinski definition) is 6. The van der Waals surface area contributed by atoms with Gasteiger partial charge in [-0.3, -0.25) is 4.57 Å². The Kier molecular flexibility index (Phi) is 4.78. The second kappa shape index (κ2) is 6.26. The van der Waals surface area contributed by atoms with Gasteiger partial charge in [-0.05, 0) is 19.9 Å². The van der Waals surface area contributed by atoms with Crippen LogP contribution in [0.2, 0.25) is 0 Å². The standard InChI is InChI=1S/C14H18ClN3O4/c1-3-4-14(15)9(6-19)10(7-20)22-12(14)18-8(2)5-11(16)17-13(18)21/h5,9-10,12,19-20H,6-7H2,1-2H3,(H2,16,17,21)/t9?,10-,12-,14?/m1/s1. The lowest BCUT2D eigenvalue weighted by atomic mass is 9.89. The summed E-state index contributed by atoms with van der Waals surface area (Å²) in [5.41, 5.74) is 5.43. The van der Waals surface area contributed by atoms with Crippen molar-refractivity contribution in [3.63, 3.8) is 0 Å². The molecule has 0 bridgehead atoms. The van der Waals surface area contributed by atoms with Crippen molar-refractivity contribution in [2.75, 3.05) is 18.9 Å². The van der Waals surface area contributed by atoms with Crippen molar-refractivity contribution >= 4 is 17.4 Å². The van der Waals surface area contributed by atoms with Crippen molar-refractivity contribution in [3.05, 3.63) is 22.2 Å². The average Bonchev–Trinajstić information content (AvgIpc) is 2.70. The van der Waals surface area contributed by atoms with E-state index in [4.69, 9.17) is 22.1 Å². The Morgan fingerprint density at radius 2 is 2.23 bits per heavy atom. The lowest BCUT2D eigenvalue weighted by molar-refractivity contribution is -0.0387. The lowest BCUT2D eigenvalue weighted by Crippen LogP contribution is -2.42. The van der Waals surface area contributed by atoms with Crippen LogP contribution in [0.1, 0.15) is 18.8 Å². The minimum absolute atomic E-state index is 0.0934. The predicted molar refractivity (Wildman–Crippen MR) is 81.3 cm³/mol. The topological polar surface area (TPSA) is 111 Å². The smallest absolute Gasteiger partial charge is 0.351 e. The van der Waals surface area contributed by atoms with Gasteiger partial charge >= 0.3 is 5.69 Å². The summed E-state index contributed by atoms with van der Waals surface area (Å²) >= 11 is 6.61. The van der Waals surface area contributed by atoms with Crippen molar-refractivity contribution in [2.24, 2.45) is 5.92 Å². The predicted octanol–water partition coefficient (Wildman–Crippen LogP) is -0.367. The third-order valence-corrected chi connectivity index (χ3v) is 4.31. The molecule has 0 aliphatic carbocycles. The highest BCUT2D eigenvalue weighted by Crippen LogP contribution is 2.46. The number of alkyl halides is 1. The van der Waals surface area contributed by atoms with Gasteiger partial charge in [0.25, 0.3) is 0 Å². The SMILES string of the molecule is CC#CC1(Cl)C(CO)[C@@H](CO)O[C@H]1n1c(C)cc(N)nc1=O. The molecule has 8 heteroatoms. The quantitative estimate of drug-likeness (QED) is 0.516. The maximum Gasteiger partial charge on any atom is 0.351 e. The van der Waals surface area contributed by atoms with E-state index in [1.54, 1.807) is 13.8 Å². The van der Waals surface area contributed by atoms with E-state index in [1.807, 2.05) is 0 Å². The van der Waals surface area contributed by atoms with Crippen molar-refractivity contribution < 1.29 is 14.9 Å². The minimum Gasteiger partial charge on any atom is -0.396 e. The maximum atomic E-state index is 12.2. The van der Waals surface area contributed by atoms with Gasteiger partial charge in [-0.1, -0.05) is 17.5 Å². The molecule has 0 spiro atoms. The molecule has 0 radical (unpaired) electrons. The molecular weight excluding hydrogens is 310 g/mol. The van der Waals surface area contributed by atoms with Crippen LogP contribution in [-0.2, 0) is 4.74 Å². The van der Waals surface area contributed by atoms with Gasteiger partial charge in [0.2, 0.25) is 0 Å². The number of aliphatic hydroxyl groups excluding tert-OH is 2. The van der Waals surface area contributed by atoms with Crippen molar-refractivity contribution in [1.29, 1.82) is 0 Å². The van der Waals surface area contributed by atoms with E-state index < -0.39 is 28.8 Å². The van der Waals surface area contributed by atoms with Crippen LogP contribution in [0.15, 0.2) is 10.9 Å². The number of aliphatic hydroxyl groups is 2. The van der Waals surface area contributed by atoms with Gasteiger partial charge in [0.1, 0.15) is 5.82 Å². The zero-order valence-electron chi connectivity index (χ0n) is 12.3. The van der Waals surface area contributed by atoms with E-state index in [-0.39, 0.29) is 19.0 Å². The number of nitrogen functional groups attached to an aromatic ring is 1. The molecule has 4 N–H and O–H groups in total. The van der Waals surface area contributed by atoms with Crippen molar-refractivity contribution in [2.45, 2.75) is 31.1 Å². The van der Waals surface area contributed by atoms with E-state index >= 15 is 0 Å². The average molecular weight is 328 g/mol. The highest BCUT2D eigenvalue weighted by molar-refractivity contribution is 6.26. The fraction of sp³-hybridized carbons (Fsp3) is 0.571. The second-order valence-electron chi connectivity index (χ2n) is 5.12. The largest absolute Gasteiger partial charge is 0.396 e. The minimum atomic E-state index is -1.36. The lowest BCUT2D eigenvalue weighted by Gasteiger charge is -2.28. The molecule has 1 aromatic heterocycles. The Morgan fingerprint density at radius 3 is 2.73 bits per heavy atom. The van der Waals surface area contributed by atoms with E-state index in [9.17, 15) is 15.0 Å². The second-order valence-corrected chi connectivity index (χ2v) is 5.74. The zero-order chi connectivity index (χ0) is 16.5. The van der Waals surface area contributed by atoms with E-state index in [0.717, 1.165) is 0 Å². The molecule has 4 atom stereocenters. The summed E-state index contributed by atoms with van der Waals surface area (Å²) in [5, 5.41) is 19.1. The summed E-state index contributed by atoms with van der Waals surface area (Å²) in [4.78, 5) is 14.5. The third-order valence-electron chi connectivity index (χ3n) is 3.75. The van der Waals surface area contributed by atoms with Crippen molar-refractivity contribution in [3.8, 4) is 11.8 Å². The van der Waals surface area contributed by atoms with Crippen molar-refractivity contribution in [1.82, 2.24) is 9.55 Å². The van der Waals surface area contributed by atoms with E-state index in [2.05, 4.69) is 16.8 Å². The molecule has 0 saturated carbocycles. The Balaban J connectivity index is 2.62. The Hall–Kier alpha value is -1.59. The molecule has 1 fully saturated rings. The molecule has 1 aliphatic rings. The molecule has 2 unspecified atom stereocenters. The summed E-state index contributed by atoms with van der Waals surface area (Å²) in [5.74, 6) is 4.94. The third kappa shape index (κ3) is 2.59. The van der Waals surface area contributed by atoms with E-state index in [1.165, 1.54) is 10.6 Å². The number of halogens is 1. The van der Waals surface area contributed by atoms with Gasteiger partial charge in [-0.15, -0.1) is 5.92 Å². The first-order chi connectivity index (χ1) is 10.4. The first kappa shape index (κ1) is 16.8. The molecule has 2 rings (SSSR count). The Bertz CT molecular complexity index is 681. The molecule has 120 valence electrons. The number of aromatic nitrogens is 2. The number of anilines is 1. The first-order valence-corrected chi connectivity index (χ1v) is 7.12. The maximum absolute atomic E-state index is 12.2. The summed E-state index contributed by atoms with van der Waals surface area (Å²) < 4.78 is 6.95. The Labute approximate surface area is 132 Å². The molecule has 1 saturated heterocycles. The van der Waals surface area contributed by atoms with Gasteiger partial charge in [0.05, 0.1) is 19.3 Å². The number of ether oxygens (including phenoxy) is 1. The molecule has 1 aliphatic heterocycles. The number of nitrogens with zero attached hydrogens (tertiary/aromatic N) is 2. The molecule has 0 amide bonds. The van der Waals surface area contributed by atoms with Crippen LogP contribution in [0.25, 0.3) is 0 Å². The summed E-state index contributed by atoms with van der Waals surface area (Å²) in [7, 11) is 0. The highest BCUT2D eigenvalue weighted by Gasteiger charge is 2.56. The molecule has 22 heavy (non-hydrogen) atoms. The summed E-state index contributed by atoms with van der Waals surface area (Å²) in [6.45, 7) is 2.58. The molecule has 0 aromatic carbocycles. The molecule has 2 heterocycles. The van der Waals surface area contributed by atoms with Gasteiger partial charge in [0, 0.05) is 11.6 Å². The first-order valence-electron chi connectivity index (χ1n) is 6.74. The van der Waals surface area contributed by atoms with Crippen LogP contribution < -0.4 is 11.4 Å². The molecular formula is C14H18ClN3O4. The van der Waals surface area contributed by atoms with Gasteiger partial charge < -0.3 is 20.7 Å². The number of nitrogens with two attached hydrogens (primary N) is 1. The van der Waals surface area contributed by atoms with Crippen LogP contribution in [0, 0.1) is 24.7 Å². The molecule has 7 nitrogen and oxygen atoms in total. The van der Waals surface area contributed by atoms with Crippen LogP contribution >= 0.6 is 11.6 Å². The monoisotopic (exact) mass is 327 g/mol.